The molecule has 0 aliphatic heterocycles. The molecule has 0 amide bonds. The van der Waals surface area contributed by atoms with E-state index in [9.17, 15) is 0 Å². The molecule has 0 spiro atoms. The summed E-state index contributed by atoms with van der Waals surface area (Å²) in [6, 6.07) is 5.34. The molecule has 5 heteroatoms. The second-order valence-electron chi connectivity index (χ2n) is 4.34. The maximum absolute atomic E-state index is 5.60. The number of methoxy groups -OCH3 is 1. The van der Waals surface area contributed by atoms with E-state index in [1.54, 1.807) is 25.3 Å². The molecule has 0 radical (unpaired) electrons. The first-order valence-corrected chi connectivity index (χ1v) is 6.29. The number of hydrogen-bond acceptors (Lipinski definition) is 4. The van der Waals surface area contributed by atoms with Crippen LogP contribution in [0.2, 0.25) is 0 Å². The van der Waals surface area contributed by atoms with E-state index < -0.39 is 0 Å². The Morgan fingerprint density at radius 3 is 2.67 bits per heavy atom. The molecule has 0 unspecified atom stereocenters. The van der Waals surface area contributed by atoms with E-state index in [4.69, 9.17) is 32.2 Å². The topological polar surface area (TPSA) is 53.7 Å². The second kappa shape index (κ2) is 6.02. The van der Waals surface area contributed by atoms with Gasteiger partial charge in [-0.05, 0) is 30.9 Å². The molecule has 2 N–H and O–H groups in total. The number of rotatable bonds is 7. The predicted octanol–water partition coefficient (Wildman–Crippen LogP) is 2.09. The van der Waals surface area contributed by atoms with Crippen LogP contribution >= 0.6 is 12.2 Å². The summed E-state index contributed by atoms with van der Waals surface area (Å²) in [7, 11) is 1.59. The normalized spacial score (nSPS) is 14.3. The van der Waals surface area contributed by atoms with Gasteiger partial charge in [0.2, 0.25) is 0 Å². The fraction of sp³-hybridized carbons (Fsp3) is 0.462. The molecule has 18 heavy (non-hydrogen) atoms. The quantitative estimate of drug-likeness (QED) is 0.466. The fourth-order valence-electron chi connectivity index (χ4n) is 1.52. The molecule has 0 aromatic heterocycles. The summed E-state index contributed by atoms with van der Waals surface area (Å²) >= 11 is 4.94. The molecule has 1 saturated carbocycles. The highest BCUT2D eigenvalue weighted by Crippen LogP contribution is 2.29. The van der Waals surface area contributed by atoms with Crippen molar-refractivity contribution >= 4 is 17.2 Å². The van der Waals surface area contributed by atoms with Gasteiger partial charge in [0.05, 0.1) is 13.7 Å². The highest BCUT2D eigenvalue weighted by Gasteiger charge is 2.21. The first kappa shape index (κ1) is 13.1. The summed E-state index contributed by atoms with van der Waals surface area (Å²) in [4.78, 5) is 0.317. The van der Waals surface area contributed by atoms with Crippen LogP contribution in [-0.4, -0.2) is 25.5 Å². The number of ether oxygens (including phenoxy) is 3. The first-order valence-electron chi connectivity index (χ1n) is 5.88. The molecule has 0 heterocycles. The third kappa shape index (κ3) is 3.85. The minimum atomic E-state index is 0.237. The van der Waals surface area contributed by atoms with Crippen molar-refractivity contribution in [2.75, 3.05) is 20.5 Å². The van der Waals surface area contributed by atoms with E-state index in [1.165, 1.54) is 12.8 Å². The Labute approximate surface area is 112 Å². The van der Waals surface area contributed by atoms with Crippen molar-refractivity contribution in [2.24, 2.45) is 11.7 Å². The van der Waals surface area contributed by atoms with Crippen LogP contribution in [0.15, 0.2) is 18.2 Å². The van der Waals surface area contributed by atoms with E-state index in [1.807, 2.05) is 0 Å². The van der Waals surface area contributed by atoms with E-state index in [2.05, 4.69) is 0 Å². The molecule has 1 aromatic carbocycles. The Kier molecular flexibility index (Phi) is 4.38. The molecule has 1 aliphatic carbocycles. The molecule has 0 atom stereocenters. The minimum Gasteiger partial charge on any atom is -0.497 e. The van der Waals surface area contributed by atoms with Crippen molar-refractivity contribution in [3.8, 4) is 11.5 Å². The van der Waals surface area contributed by atoms with Crippen LogP contribution in [0.25, 0.3) is 0 Å². The van der Waals surface area contributed by atoms with E-state index in [0.29, 0.717) is 16.5 Å². The van der Waals surface area contributed by atoms with Gasteiger partial charge < -0.3 is 19.9 Å². The lowest BCUT2D eigenvalue weighted by Crippen LogP contribution is -2.10. The Bertz CT molecular complexity index is 432. The summed E-state index contributed by atoms with van der Waals surface area (Å²) in [5, 5.41) is 0. The maximum Gasteiger partial charge on any atom is 0.189 e. The molecular formula is C13H17NO3S. The van der Waals surface area contributed by atoms with Crippen LogP contribution in [0.3, 0.4) is 0 Å². The smallest absolute Gasteiger partial charge is 0.189 e. The summed E-state index contributed by atoms with van der Waals surface area (Å²) in [6.07, 6.45) is 2.54. The molecule has 2 rings (SSSR count). The third-order valence-electron chi connectivity index (χ3n) is 2.76. The molecule has 98 valence electrons. The fourth-order valence-corrected chi connectivity index (χ4v) is 1.64. The molecule has 1 aliphatic rings. The van der Waals surface area contributed by atoms with Crippen LogP contribution < -0.4 is 15.2 Å². The van der Waals surface area contributed by atoms with Crippen LogP contribution in [-0.2, 0) is 4.74 Å². The predicted molar refractivity (Wildman–Crippen MR) is 73.1 cm³/mol. The highest BCUT2D eigenvalue weighted by molar-refractivity contribution is 7.80. The molecular weight excluding hydrogens is 250 g/mol. The summed E-state index contributed by atoms with van der Waals surface area (Å²) in [6.45, 7) is 1.01. The zero-order valence-corrected chi connectivity index (χ0v) is 11.2. The zero-order valence-electron chi connectivity index (χ0n) is 10.3. The van der Waals surface area contributed by atoms with Gasteiger partial charge in [-0.2, -0.15) is 0 Å². The van der Waals surface area contributed by atoms with Gasteiger partial charge in [0, 0.05) is 11.6 Å². The standard InChI is InChI=1S/C13H17NO3S/c1-15-11-4-10(13(14)18)5-12(6-11)17-8-16-7-9-2-3-9/h4-6,9H,2-3,7-8H2,1H3,(H2,14,18). The van der Waals surface area contributed by atoms with E-state index >= 15 is 0 Å². The molecule has 4 nitrogen and oxygen atoms in total. The monoisotopic (exact) mass is 267 g/mol. The summed E-state index contributed by atoms with van der Waals surface area (Å²) in [5.41, 5.74) is 6.32. The van der Waals surface area contributed by atoms with Gasteiger partial charge in [-0.25, -0.2) is 0 Å². The average molecular weight is 267 g/mol. The van der Waals surface area contributed by atoms with Gasteiger partial charge in [0.25, 0.3) is 0 Å². The third-order valence-corrected chi connectivity index (χ3v) is 3.00. The zero-order chi connectivity index (χ0) is 13.0. The van der Waals surface area contributed by atoms with Gasteiger partial charge in [0.1, 0.15) is 16.5 Å². The van der Waals surface area contributed by atoms with Gasteiger partial charge in [-0.1, -0.05) is 12.2 Å². The Balaban J connectivity index is 1.92. The second-order valence-corrected chi connectivity index (χ2v) is 4.78. The molecule has 0 saturated heterocycles. The van der Waals surface area contributed by atoms with Crippen LogP contribution in [0, 0.1) is 5.92 Å². The van der Waals surface area contributed by atoms with Crippen LogP contribution in [0.5, 0.6) is 11.5 Å². The number of nitrogens with two attached hydrogens (primary N) is 1. The van der Waals surface area contributed by atoms with Crippen LogP contribution in [0.4, 0.5) is 0 Å². The first-order chi connectivity index (χ1) is 8.69. The van der Waals surface area contributed by atoms with Crippen molar-refractivity contribution in [1.29, 1.82) is 0 Å². The minimum absolute atomic E-state index is 0.237. The number of thiocarbonyl (C=S) groups is 1. The average Bonchev–Trinajstić information content (AvgIpc) is 3.18. The van der Waals surface area contributed by atoms with Gasteiger partial charge in [-0.3, -0.25) is 0 Å². The van der Waals surface area contributed by atoms with Gasteiger partial charge in [-0.15, -0.1) is 0 Å². The van der Waals surface area contributed by atoms with Crippen molar-refractivity contribution in [1.82, 2.24) is 0 Å². The van der Waals surface area contributed by atoms with Crippen molar-refractivity contribution < 1.29 is 14.2 Å². The summed E-state index contributed by atoms with van der Waals surface area (Å²) in [5.74, 6) is 2.04. The maximum atomic E-state index is 5.60. The molecule has 1 aromatic rings. The Morgan fingerprint density at radius 1 is 1.33 bits per heavy atom. The van der Waals surface area contributed by atoms with Crippen molar-refractivity contribution in [3.05, 3.63) is 23.8 Å². The SMILES string of the molecule is COc1cc(OCOCC2CC2)cc(C(N)=S)c1. The van der Waals surface area contributed by atoms with Crippen molar-refractivity contribution in [3.63, 3.8) is 0 Å². The van der Waals surface area contributed by atoms with Gasteiger partial charge >= 0.3 is 0 Å². The lowest BCUT2D eigenvalue weighted by atomic mass is 10.2. The Hall–Kier alpha value is -1.33. The van der Waals surface area contributed by atoms with Gasteiger partial charge in [0.15, 0.2) is 6.79 Å². The van der Waals surface area contributed by atoms with E-state index in [-0.39, 0.29) is 6.79 Å². The Morgan fingerprint density at radius 2 is 2.06 bits per heavy atom. The van der Waals surface area contributed by atoms with Crippen LogP contribution in [0.1, 0.15) is 18.4 Å². The summed E-state index contributed by atoms with van der Waals surface area (Å²) < 4.78 is 16.1. The van der Waals surface area contributed by atoms with E-state index in [0.717, 1.165) is 18.1 Å². The lowest BCUT2D eigenvalue weighted by Gasteiger charge is -2.10. The number of benzene rings is 1. The lowest BCUT2D eigenvalue weighted by molar-refractivity contribution is 0.00988. The molecule has 1 fully saturated rings. The largest absolute Gasteiger partial charge is 0.497 e. The van der Waals surface area contributed by atoms with Crippen molar-refractivity contribution in [2.45, 2.75) is 12.8 Å². The number of hydrogen-bond donors (Lipinski definition) is 1. The molecule has 0 bridgehead atoms. The highest BCUT2D eigenvalue weighted by atomic mass is 32.1.